The van der Waals surface area contributed by atoms with Gasteiger partial charge in [0.25, 0.3) is 0 Å². The first-order chi connectivity index (χ1) is 9.95. The molecule has 2 heterocycles. The molecule has 1 aliphatic rings. The van der Waals surface area contributed by atoms with Crippen LogP contribution in [0.3, 0.4) is 0 Å². The first-order valence-electron chi connectivity index (χ1n) is 7.28. The third kappa shape index (κ3) is 2.86. The molecule has 21 heavy (non-hydrogen) atoms. The minimum absolute atomic E-state index is 0.0237. The molecular weight excluding hydrogens is 280 g/mol. The maximum atomic E-state index is 5.74. The Labute approximate surface area is 130 Å². The van der Waals surface area contributed by atoms with Crippen LogP contribution < -0.4 is 4.74 Å². The number of aromatic nitrogens is 2. The van der Waals surface area contributed by atoms with Crippen LogP contribution in [-0.4, -0.2) is 16.6 Å². The van der Waals surface area contributed by atoms with E-state index in [1.54, 1.807) is 0 Å². The minimum atomic E-state index is 0.0237. The molecule has 2 aromatic rings. The minimum Gasteiger partial charge on any atom is -0.493 e. The topological polar surface area (TPSA) is 37.9 Å². The third-order valence-electron chi connectivity index (χ3n) is 3.86. The largest absolute Gasteiger partial charge is 0.493 e. The summed E-state index contributed by atoms with van der Waals surface area (Å²) in [7, 11) is 0. The van der Waals surface area contributed by atoms with Crippen molar-refractivity contribution in [2.24, 2.45) is 0 Å². The maximum Gasteiger partial charge on any atom is 0.130 e. The highest BCUT2D eigenvalue weighted by molar-refractivity contribution is 7.71. The van der Waals surface area contributed by atoms with E-state index in [9.17, 15) is 0 Å². The van der Waals surface area contributed by atoms with Crippen LogP contribution in [0.5, 0.6) is 5.75 Å². The van der Waals surface area contributed by atoms with Crippen LogP contribution in [0.4, 0.5) is 0 Å². The number of benzene rings is 1. The lowest BCUT2D eigenvalue weighted by atomic mass is 9.90. The number of ether oxygens (including phenoxy) is 1. The summed E-state index contributed by atoms with van der Waals surface area (Å²) in [6.07, 6.45) is 0.920. The molecule has 3 rings (SSSR count). The van der Waals surface area contributed by atoms with Crippen molar-refractivity contribution in [3.8, 4) is 5.75 Å². The summed E-state index contributed by atoms with van der Waals surface area (Å²) in [6, 6.07) is 10.1. The molecule has 3 nitrogen and oxygen atoms in total. The Hall–Kier alpha value is -1.68. The zero-order valence-corrected chi connectivity index (χ0v) is 13.5. The van der Waals surface area contributed by atoms with Crippen molar-refractivity contribution in [3.05, 3.63) is 52.1 Å². The molecule has 110 valence electrons. The van der Waals surface area contributed by atoms with Crippen LogP contribution >= 0.6 is 12.2 Å². The highest BCUT2D eigenvalue weighted by atomic mass is 32.1. The van der Waals surface area contributed by atoms with Gasteiger partial charge in [-0.15, -0.1) is 0 Å². The Balaban J connectivity index is 2.10. The van der Waals surface area contributed by atoms with Gasteiger partial charge in [-0.25, -0.2) is 4.98 Å². The van der Waals surface area contributed by atoms with Crippen molar-refractivity contribution in [2.45, 2.75) is 38.5 Å². The molecule has 1 aromatic heterocycles. The fourth-order valence-electron chi connectivity index (χ4n) is 2.67. The predicted molar refractivity (Wildman–Crippen MR) is 86.5 cm³/mol. The summed E-state index contributed by atoms with van der Waals surface area (Å²) in [5.41, 5.74) is 2.34. The van der Waals surface area contributed by atoms with Crippen molar-refractivity contribution in [3.63, 3.8) is 0 Å². The van der Waals surface area contributed by atoms with Gasteiger partial charge in [0.15, 0.2) is 0 Å². The number of nitrogens with zero attached hydrogens (tertiary/aromatic N) is 1. The van der Waals surface area contributed by atoms with E-state index in [0.29, 0.717) is 11.2 Å². The summed E-state index contributed by atoms with van der Waals surface area (Å²) in [6.45, 7) is 7.24. The second-order valence-electron chi connectivity index (χ2n) is 6.50. The van der Waals surface area contributed by atoms with Crippen molar-refractivity contribution in [2.75, 3.05) is 6.61 Å². The molecule has 0 spiro atoms. The number of aromatic amines is 1. The molecule has 1 N–H and O–H groups in total. The molecule has 1 aliphatic heterocycles. The SMILES string of the molecule is CC(C)(C)c1cc(=S)nc(C2CCOc3ccccc32)[nH]1. The molecule has 1 unspecified atom stereocenters. The zero-order chi connectivity index (χ0) is 15.0. The highest BCUT2D eigenvalue weighted by Gasteiger charge is 2.26. The Morgan fingerprint density at radius 3 is 2.81 bits per heavy atom. The number of rotatable bonds is 1. The van der Waals surface area contributed by atoms with Crippen molar-refractivity contribution >= 4 is 12.2 Å². The average molecular weight is 300 g/mol. The quantitative estimate of drug-likeness (QED) is 0.796. The summed E-state index contributed by atoms with van der Waals surface area (Å²) in [5, 5.41) is 0. The van der Waals surface area contributed by atoms with Gasteiger partial charge in [-0.2, -0.15) is 0 Å². The van der Waals surface area contributed by atoms with Crippen LogP contribution in [-0.2, 0) is 5.41 Å². The van der Waals surface area contributed by atoms with Crippen LogP contribution in [0.2, 0.25) is 0 Å². The Kier molecular flexibility index (Phi) is 3.57. The van der Waals surface area contributed by atoms with E-state index in [0.717, 1.165) is 23.7 Å². The van der Waals surface area contributed by atoms with Gasteiger partial charge in [0.1, 0.15) is 16.2 Å². The summed E-state index contributed by atoms with van der Waals surface area (Å²) >= 11 is 5.36. The average Bonchev–Trinajstić information content (AvgIpc) is 2.45. The van der Waals surface area contributed by atoms with Gasteiger partial charge in [-0.1, -0.05) is 51.2 Å². The fourth-order valence-corrected chi connectivity index (χ4v) is 2.89. The van der Waals surface area contributed by atoms with Gasteiger partial charge in [-0.05, 0) is 18.6 Å². The molecule has 1 atom stereocenters. The van der Waals surface area contributed by atoms with Gasteiger partial charge >= 0.3 is 0 Å². The van der Waals surface area contributed by atoms with E-state index < -0.39 is 0 Å². The smallest absolute Gasteiger partial charge is 0.130 e. The lowest BCUT2D eigenvalue weighted by Crippen LogP contribution is -2.20. The van der Waals surface area contributed by atoms with Crippen LogP contribution in [0, 0.1) is 4.64 Å². The molecular formula is C17H20N2OS. The second kappa shape index (κ2) is 5.26. The molecule has 0 saturated carbocycles. The highest BCUT2D eigenvalue weighted by Crippen LogP contribution is 2.36. The molecule has 0 bridgehead atoms. The normalized spacial score (nSPS) is 18.0. The molecule has 1 aromatic carbocycles. The molecule has 0 radical (unpaired) electrons. The van der Waals surface area contributed by atoms with E-state index in [-0.39, 0.29) is 11.3 Å². The van der Waals surface area contributed by atoms with Gasteiger partial charge in [0, 0.05) is 22.6 Å². The molecule has 0 aliphatic carbocycles. The Bertz CT molecular complexity index is 715. The summed E-state index contributed by atoms with van der Waals surface area (Å²) in [4.78, 5) is 8.08. The standard InChI is InChI=1S/C17H20N2OS/c1-17(2,3)14-10-15(21)19-16(18-14)12-8-9-20-13-7-5-4-6-11(12)13/h4-7,10,12H,8-9H2,1-3H3,(H,18,19,21). The zero-order valence-electron chi connectivity index (χ0n) is 12.6. The van der Waals surface area contributed by atoms with Crippen molar-refractivity contribution < 1.29 is 4.74 Å². The van der Waals surface area contributed by atoms with Crippen LogP contribution in [0.25, 0.3) is 0 Å². The fraction of sp³-hybridized carbons (Fsp3) is 0.412. The predicted octanol–water partition coefficient (Wildman–Crippen LogP) is 4.35. The second-order valence-corrected chi connectivity index (χ2v) is 6.91. The number of hydrogen-bond acceptors (Lipinski definition) is 3. The van der Waals surface area contributed by atoms with E-state index >= 15 is 0 Å². The first kappa shape index (κ1) is 14.3. The third-order valence-corrected chi connectivity index (χ3v) is 4.07. The monoisotopic (exact) mass is 300 g/mol. The molecule has 0 amide bonds. The molecule has 0 saturated heterocycles. The number of nitrogens with one attached hydrogen (secondary N) is 1. The van der Waals surface area contributed by atoms with E-state index in [2.05, 4.69) is 36.8 Å². The first-order valence-corrected chi connectivity index (χ1v) is 7.69. The van der Waals surface area contributed by atoms with Crippen LogP contribution in [0.1, 0.15) is 50.2 Å². The van der Waals surface area contributed by atoms with Crippen LogP contribution in [0.15, 0.2) is 30.3 Å². The lowest BCUT2D eigenvalue weighted by molar-refractivity contribution is 0.274. The summed E-state index contributed by atoms with van der Waals surface area (Å²) in [5.74, 6) is 2.12. The van der Waals surface area contributed by atoms with Gasteiger partial charge in [0.2, 0.25) is 0 Å². The van der Waals surface area contributed by atoms with Gasteiger partial charge in [0.05, 0.1) is 6.61 Å². The van der Waals surface area contributed by atoms with Gasteiger partial charge < -0.3 is 9.72 Å². The molecule has 4 heteroatoms. The van der Waals surface area contributed by atoms with E-state index in [1.165, 1.54) is 5.56 Å². The lowest BCUT2D eigenvalue weighted by Gasteiger charge is -2.27. The van der Waals surface area contributed by atoms with Crippen molar-refractivity contribution in [1.82, 2.24) is 9.97 Å². The number of para-hydroxylation sites is 1. The van der Waals surface area contributed by atoms with Crippen molar-refractivity contribution in [1.29, 1.82) is 0 Å². The molecule has 0 fully saturated rings. The maximum absolute atomic E-state index is 5.74. The van der Waals surface area contributed by atoms with E-state index in [1.807, 2.05) is 24.3 Å². The summed E-state index contributed by atoms with van der Waals surface area (Å²) < 4.78 is 6.39. The van der Waals surface area contributed by atoms with E-state index in [4.69, 9.17) is 17.0 Å². The Morgan fingerprint density at radius 1 is 1.29 bits per heavy atom. The number of fused-ring (bicyclic) bond motifs is 1. The number of hydrogen-bond donors (Lipinski definition) is 1. The Morgan fingerprint density at radius 2 is 2.05 bits per heavy atom. The number of H-pyrrole nitrogens is 1. The van der Waals surface area contributed by atoms with Gasteiger partial charge in [-0.3, -0.25) is 0 Å².